The lowest BCUT2D eigenvalue weighted by molar-refractivity contribution is 0.587. The minimum absolute atomic E-state index is 0.286. The summed E-state index contributed by atoms with van der Waals surface area (Å²) in [5.74, 6) is 0. The molecule has 0 bridgehead atoms. The molecule has 0 fully saturated rings. The van der Waals surface area contributed by atoms with Gasteiger partial charge in [-0.15, -0.1) is 0 Å². The molecule has 100 valence electrons. The van der Waals surface area contributed by atoms with E-state index in [9.17, 15) is 8.42 Å². The van der Waals surface area contributed by atoms with Crippen LogP contribution in [0.5, 0.6) is 0 Å². The molecular formula is C16H13NO2S. The Balaban J connectivity index is 1.99. The molecule has 0 saturated heterocycles. The SMILES string of the molecule is O=S(=O)(c1ccc(-c2ccccc2)cc1)n1cccc1. The van der Waals surface area contributed by atoms with Crippen molar-refractivity contribution in [2.45, 2.75) is 4.90 Å². The number of hydrogen-bond donors (Lipinski definition) is 0. The maximum Gasteiger partial charge on any atom is 0.267 e. The molecule has 3 aromatic rings. The second-order valence-corrected chi connectivity index (χ2v) is 6.25. The van der Waals surface area contributed by atoms with E-state index in [4.69, 9.17) is 0 Å². The van der Waals surface area contributed by atoms with E-state index in [1.807, 2.05) is 42.5 Å². The summed E-state index contributed by atoms with van der Waals surface area (Å²) in [6.07, 6.45) is 3.06. The van der Waals surface area contributed by atoms with Crippen LogP contribution in [0.4, 0.5) is 0 Å². The van der Waals surface area contributed by atoms with Gasteiger partial charge in [-0.3, -0.25) is 0 Å². The normalized spacial score (nSPS) is 11.4. The Hall–Kier alpha value is -2.33. The van der Waals surface area contributed by atoms with Crippen LogP contribution in [0, 0.1) is 0 Å². The fourth-order valence-electron chi connectivity index (χ4n) is 2.05. The van der Waals surface area contributed by atoms with Crippen LogP contribution in [0.3, 0.4) is 0 Å². The fourth-order valence-corrected chi connectivity index (χ4v) is 3.24. The Kier molecular flexibility index (Phi) is 3.16. The van der Waals surface area contributed by atoms with Gasteiger partial charge in [0.15, 0.2) is 0 Å². The molecule has 3 nitrogen and oxygen atoms in total. The van der Waals surface area contributed by atoms with Crippen LogP contribution in [0.15, 0.2) is 84.0 Å². The van der Waals surface area contributed by atoms with Gasteiger partial charge in [0, 0.05) is 12.4 Å². The number of benzene rings is 2. The second kappa shape index (κ2) is 4.98. The van der Waals surface area contributed by atoms with Crippen molar-refractivity contribution in [3.05, 3.63) is 79.1 Å². The maximum atomic E-state index is 12.3. The molecule has 0 aliphatic rings. The summed E-state index contributed by atoms with van der Waals surface area (Å²) >= 11 is 0. The zero-order valence-electron chi connectivity index (χ0n) is 10.7. The highest BCUT2D eigenvalue weighted by molar-refractivity contribution is 7.90. The van der Waals surface area contributed by atoms with Crippen molar-refractivity contribution < 1.29 is 8.42 Å². The highest BCUT2D eigenvalue weighted by atomic mass is 32.2. The molecule has 3 rings (SSSR count). The molecule has 2 aromatic carbocycles. The van der Waals surface area contributed by atoms with Crippen LogP contribution < -0.4 is 0 Å². The standard InChI is InChI=1S/C16H13NO2S/c18-20(19,17-12-4-5-13-17)16-10-8-15(9-11-16)14-6-2-1-3-7-14/h1-13H. The van der Waals surface area contributed by atoms with Crippen molar-refractivity contribution in [2.24, 2.45) is 0 Å². The van der Waals surface area contributed by atoms with E-state index in [-0.39, 0.29) is 4.90 Å². The van der Waals surface area contributed by atoms with Gasteiger partial charge in [0.05, 0.1) is 4.90 Å². The smallest absolute Gasteiger partial charge is 0.249 e. The van der Waals surface area contributed by atoms with Gasteiger partial charge in [0.2, 0.25) is 0 Å². The number of nitrogens with zero attached hydrogens (tertiary/aromatic N) is 1. The van der Waals surface area contributed by atoms with Crippen LogP contribution in [-0.4, -0.2) is 12.4 Å². The molecule has 0 radical (unpaired) electrons. The first-order valence-electron chi connectivity index (χ1n) is 6.22. The molecule has 1 aromatic heterocycles. The molecule has 0 saturated carbocycles. The monoisotopic (exact) mass is 283 g/mol. The first-order chi connectivity index (χ1) is 9.68. The van der Waals surface area contributed by atoms with Gasteiger partial charge in [-0.2, -0.15) is 0 Å². The first kappa shape index (κ1) is 12.7. The van der Waals surface area contributed by atoms with Crippen LogP contribution >= 0.6 is 0 Å². The molecule has 0 unspecified atom stereocenters. The van der Waals surface area contributed by atoms with Gasteiger partial charge in [-0.1, -0.05) is 42.5 Å². The number of aromatic nitrogens is 1. The quantitative estimate of drug-likeness (QED) is 0.739. The predicted octanol–water partition coefficient (Wildman–Crippen LogP) is 3.39. The zero-order chi connectivity index (χ0) is 14.0. The third-order valence-electron chi connectivity index (χ3n) is 3.11. The Morgan fingerprint density at radius 2 is 1.20 bits per heavy atom. The van der Waals surface area contributed by atoms with E-state index in [2.05, 4.69) is 0 Å². The molecular weight excluding hydrogens is 270 g/mol. The topological polar surface area (TPSA) is 39.1 Å². The molecule has 0 N–H and O–H groups in total. The van der Waals surface area contributed by atoms with Gasteiger partial charge >= 0.3 is 0 Å². The van der Waals surface area contributed by atoms with Gasteiger partial charge in [-0.05, 0) is 35.4 Å². The Morgan fingerprint density at radius 3 is 1.80 bits per heavy atom. The van der Waals surface area contributed by atoms with E-state index in [0.29, 0.717) is 0 Å². The lowest BCUT2D eigenvalue weighted by atomic mass is 10.1. The molecule has 0 spiro atoms. The van der Waals surface area contributed by atoms with Crippen LogP contribution in [0.25, 0.3) is 11.1 Å². The summed E-state index contributed by atoms with van der Waals surface area (Å²) in [6, 6.07) is 20.2. The van der Waals surface area contributed by atoms with Crippen molar-refractivity contribution >= 4 is 10.0 Å². The van der Waals surface area contributed by atoms with Crippen LogP contribution in [0.1, 0.15) is 0 Å². The van der Waals surface area contributed by atoms with Gasteiger partial charge in [0.25, 0.3) is 10.0 Å². The number of hydrogen-bond acceptors (Lipinski definition) is 2. The minimum atomic E-state index is -3.48. The van der Waals surface area contributed by atoms with Gasteiger partial charge < -0.3 is 0 Å². The van der Waals surface area contributed by atoms with Gasteiger partial charge in [-0.25, -0.2) is 12.4 Å². The van der Waals surface area contributed by atoms with Crippen molar-refractivity contribution in [1.82, 2.24) is 3.97 Å². The summed E-state index contributed by atoms with van der Waals surface area (Å²) in [5.41, 5.74) is 2.06. The van der Waals surface area contributed by atoms with E-state index >= 15 is 0 Å². The van der Waals surface area contributed by atoms with Crippen molar-refractivity contribution in [2.75, 3.05) is 0 Å². The molecule has 0 atom stereocenters. The fraction of sp³-hybridized carbons (Fsp3) is 0. The molecule has 0 aliphatic carbocycles. The Labute approximate surface area is 118 Å². The van der Waals surface area contributed by atoms with E-state index in [1.165, 1.54) is 16.4 Å². The highest BCUT2D eigenvalue weighted by Crippen LogP contribution is 2.22. The van der Waals surface area contributed by atoms with E-state index in [1.54, 1.807) is 24.3 Å². The summed E-state index contributed by atoms with van der Waals surface area (Å²) in [6.45, 7) is 0. The molecule has 0 aliphatic heterocycles. The predicted molar refractivity (Wildman–Crippen MR) is 78.9 cm³/mol. The van der Waals surface area contributed by atoms with Crippen molar-refractivity contribution in [1.29, 1.82) is 0 Å². The van der Waals surface area contributed by atoms with Gasteiger partial charge in [0.1, 0.15) is 0 Å². The summed E-state index contributed by atoms with van der Waals surface area (Å²) in [4.78, 5) is 0.286. The zero-order valence-corrected chi connectivity index (χ0v) is 11.5. The Bertz CT molecular complexity index is 789. The molecule has 1 heterocycles. The molecule has 0 amide bonds. The lowest BCUT2D eigenvalue weighted by Gasteiger charge is -2.07. The first-order valence-corrected chi connectivity index (χ1v) is 7.66. The second-order valence-electron chi connectivity index (χ2n) is 4.41. The third kappa shape index (κ3) is 2.26. The maximum absolute atomic E-state index is 12.3. The summed E-state index contributed by atoms with van der Waals surface area (Å²) in [5, 5.41) is 0. The summed E-state index contributed by atoms with van der Waals surface area (Å²) < 4.78 is 25.8. The largest absolute Gasteiger partial charge is 0.267 e. The van der Waals surface area contributed by atoms with Crippen LogP contribution in [0.2, 0.25) is 0 Å². The highest BCUT2D eigenvalue weighted by Gasteiger charge is 2.15. The van der Waals surface area contributed by atoms with Crippen molar-refractivity contribution in [3.63, 3.8) is 0 Å². The lowest BCUT2D eigenvalue weighted by Crippen LogP contribution is -2.10. The average molecular weight is 283 g/mol. The third-order valence-corrected chi connectivity index (χ3v) is 4.78. The number of rotatable bonds is 3. The summed E-state index contributed by atoms with van der Waals surface area (Å²) in [7, 11) is -3.48. The van der Waals surface area contributed by atoms with Crippen molar-refractivity contribution in [3.8, 4) is 11.1 Å². The van der Waals surface area contributed by atoms with E-state index in [0.717, 1.165) is 11.1 Å². The minimum Gasteiger partial charge on any atom is -0.249 e. The van der Waals surface area contributed by atoms with Crippen LogP contribution in [-0.2, 0) is 10.0 Å². The average Bonchev–Trinajstić information content (AvgIpc) is 3.03. The Morgan fingerprint density at radius 1 is 0.650 bits per heavy atom. The molecule has 20 heavy (non-hydrogen) atoms. The molecule has 4 heteroatoms. The van der Waals surface area contributed by atoms with E-state index < -0.39 is 10.0 Å².